The predicted molar refractivity (Wildman–Crippen MR) is 121 cm³/mol. The predicted octanol–water partition coefficient (Wildman–Crippen LogP) is 3.06. The van der Waals surface area contributed by atoms with E-state index in [2.05, 4.69) is 36.2 Å². The highest BCUT2D eigenvalue weighted by Gasteiger charge is 2.23. The maximum Gasteiger partial charge on any atom is 0.404 e. The van der Waals surface area contributed by atoms with E-state index in [0.717, 1.165) is 6.07 Å². The van der Waals surface area contributed by atoms with Crippen LogP contribution in [-0.2, 0) is 0 Å². The monoisotopic (exact) mass is 469 g/mol. The first kappa shape index (κ1) is 24.2. The number of ether oxygens (including phenoxy) is 1. The second-order valence-electron chi connectivity index (χ2n) is 7.18. The van der Waals surface area contributed by atoms with Crippen LogP contribution in [0.3, 0.4) is 0 Å². The molecule has 0 bridgehead atoms. The average Bonchev–Trinajstić information content (AvgIpc) is 3.37. The smallest absolute Gasteiger partial charge is 0.404 e. The molecular formula is C21H24FN9O3. The molecule has 0 radical (unpaired) electrons. The normalized spacial score (nSPS) is 12.3. The molecule has 0 aliphatic rings. The highest BCUT2D eigenvalue weighted by molar-refractivity contribution is 5.67. The average molecular weight is 469 g/mol. The van der Waals surface area contributed by atoms with Gasteiger partial charge in [-0.3, -0.25) is 0 Å². The third-order valence-corrected chi connectivity index (χ3v) is 5.05. The number of rotatable bonds is 10. The van der Waals surface area contributed by atoms with Gasteiger partial charge in [0.25, 0.3) is 0 Å². The van der Waals surface area contributed by atoms with Crippen molar-refractivity contribution in [3.63, 3.8) is 0 Å². The third kappa shape index (κ3) is 5.47. The molecular weight excluding hydrogens is 445 g/mol. The van der Waals surface area contributed by atoms with Gasteiger partial charge in [0.05, 0.1) is 43.0 Å². The summed E-state index contributed by atoms with van der Waals surface area (Å²) in [5.74, 6) is -0.454. The summed E-state index contributed by atoms with van der Waals surface area (Å²) in [5, 5.41) is 34.7. The summed E-state index contributed by atoms with van der Waals surface area (Å²) >= 11 is 0. The lowest BCUT2D eigenvalue weighted by atomic mass is 10.0. The number of amides is 1. The van der Waals surface area contributed by atoms with Crippen molar-refractivity contribution in [2.75, 3.05) is 17.7 Å². The zero-order valence-corrected chi connectivity index (χ0v) is 18.8. The van der Waals surface area contributed by atoms with Crippen LogP contribution in [0.1, 0.15) is 32.3 Å². The Bertz CT molecular complexity index is 1180. The van der Waals surface area contributed by atoms with Gasteiger partial charge in [0.1, 0.15) is 11.8 Å². The lowest BCUT2D eigenvalue weighted by Crippen LogP contribution is -2.46. The van der Waals surface area contributed by atoms with E-state index in [9.17, 15) is 14.4 Å². The van der Waals surface area contributed by atoms with Gasteiger partial charge in [-0.25, -0.2) is 23.8 Å². The lowest BCUT2D eigenvalue weighted by Gasteiger charge is -2.27. The fraction of sp³-hybridized carbons (Fsp3) is 0.333. The summed E-state index contributed by atoms with van der Waals surface area (Å²) in [4.78, 5) is 19.6. The Morgan fingerprint density at radius 1 is 1.29 bits per heavy atom. The Kier molecular flexibility index (Phi) is 7.75. The van der Waals surface area contributed by atoms with Gasteiger partial charge >= 0.3 is 6.09 Å². The minimum atomic E-state index is -1.17. The van der Waals surface area contributed by atoms with Gasteiger partial charge in [-0.1, -0.05) is 19.1 Å². The van der Waals surface area contributed by atoms with Crippen LogP contribution in [-0.4, -0.2) is 55.4 Å². The Morgan fingerprint density at radius 2 is 2.06 bits per heavy atom. The lowest BCUT2D eigenvalue weighted by molar-refractivity contribution is 0.187. The maximum atomic E-state index is 14.7. The molecule has 0 saturated heterocycles. The van der Waals surface area contributed by atoms with Crippen LogP contribution >= 0.6 is 0 Å². The minimum absolute atomic E-state index is 0.0232. The number of nitrogens with one attached hydrogen (secondary N) is 3. The molecule has 0 aromatic carbocycles. The van der Waals surface area contributed by atoms with Gasteiger partial charge in [-0.15, -0.1) is 5.10 Å². The van der Waals surface area contributed by atoms with E-state index in [4.69, 9.17) is 9.84 Å². The number of aromatic nitrogens is 5. The molecule has 13 heteroatoms. The first-order chi connectivity index (χ1) is 16.4. The summed E-state index contributed by atoms with van der Waals surface area (Å²) in [7, 11) is 1.47. The summed E-state index contributed by atoms with van der Waals surface area (Å²) < 4.78 is 21.5. The fourth-order valence-electron chi connectivity index (χ4n) is 3.38. The Balaban J connectivity index is 1.94. The van der Waals surface area contributed by atoms with Crippen molar-refractivity contribution in [1.29, 1.82) is 5.26 Å². The van der Waals surface area contributed by atoms with Crippen molar-refractivity contribution < 1.29 is 19.0 Å². The Morgan fingerprint density at radius 3 is 2.65 bits per heavy atom. The number of nitrogens with zero attached hydrogens (tertiary/aromatic N) is 6. The number of methoxy groups -OCH3 is 1. The molecule has 0 fully saturated rings. The SMILES string of the molecule is CC[C@H](NC(=O)O)[C@@H](CC)Nc1nc(Nc2cnc(OC)c(-n3ccnn3)c2)c(C#N)cc1F. The van der Waals surface area contributed by atoms with E-state index in [1.807, 2.05) is 19.9 Å². The van der Waals surface area contributed by atoms with E-state index in [1.165, 1.54) is 24.2 Å². The third-order valence-electron chi connectivity index (χ3n) is 5.05. The molecule has 3 heterocycles. The molecule has 0 spiro atoms. The molecule has 0 saturated carbocycles. The molecule has 0 aliphatic carbocycles. The van der Waals surface area contributed by atoms with E-state index in [-0.39, 0.29) is 17.2 Å². The van der Waals surface area contributed by atoms with Gasteiger partial charge in [-0.05, 0) is 25.0 Å². The molecule has 4 N–H and O–H groups in total. The summed E-state index contributed by atoms with van der Waals surface area (Å²) in [6, 6.07) is 3.75. The number of carboxylic acid groups (broad SMARTS) is 1. The number of anilines is 3. The standard InChI is InChI=1S/C21H24FN9O3/c1-4-15(16(5-2)28-21(32)33)27-19-14(22)8-12(10-23)18(29-19)26-13-9-17(20(34-3)24-11-13)31-7-6-25-30-31/h6-9,11,15-16,28H,4-5H2,1-3H3,(H,32,33)(H2,26,27,29)/t15-,16+/m1/s1. The molecule has 1 amide bonds. The second kappa shape index (κ2) is 10.9. The van der Waals surface area contributed by atoms with E-state index < -0.39 is 24.0 Å². The summed E-state index contributed by atoms with van der Waals surface area (Å²) in [5.41, 5.74) is 0.907. The molecule has 3 rings (SSSR count). The van der Waals surface area contributed by atoms with Crippen LogP contribution in [0, 0.1) is 17.1 Å². The zero-order valence-electron chi connectivity index (χ0n) is 18.8. The molecule has 0 aliphatic heterocycles. The highest BCUT2D eigenvalue weighted by atomic mass is 19.1. The van der Waals surface area contributed by atoms with Gasteiger partial charge < -0.3 is 25.8 Å². The van der Waals surface area contributed by atoms with Crippen molar-refractivity contribution in [3.05, 3.63) is 42.1 Å². The topological polar surface area (TPSA) is 163 Å². The maximum absolute atomic E-state index is 14.7. The largest absolute Gasteiger partial charge is 0.479 e. The van der Waals surface area contributed by atoms with Crippen molar-refractivity contribution in [3.8, 4) is 17.6 Å². The first-order valence-corrected chi connectivity index (χ1v) is 10.4. The molecule has 178 valence electrons. The highest BCUT2D eigenvalue weighted by Crippen LogP contribution is 2.28. The van der Waals surface area contributed by atoms with E-state index in [1.54, 1.807) is 12.3 Å². The number of nitriles is 1. The van der Waals surface area contributed by atoms with E-state index >= 15 is 0 Å². The molecule has 3 aromatic rings. The van der Waals surface area contributed by atoms with E-state index in [0.29, 0.717) is 30.1 Å². The second-order valence-corrected chi connectivity index (χ2v) is 7.18. The first-order valence-electron chi connectivity index (χ1n) is 10.4. The number of pyridine rings is 2. The molecule has 34 heavy (non-hydrogen) atoms. The van der Waals surface area contributed by atoms with Crippen LogP contribution in [0.5, 0.6) is 5.88 Å². The number of hydrogen-bond donors (Lipinski definition) is 4. The molecule has 2 atom stereocenters. The van der Waals surface area contributed by atoms with Gasteiger partial charge in [0.2, 0.25) is 5.88 Å². The Hall–Kier alpha value is -4.47. The van der Waals surface area contributed by atoms with Crippen molar-refractivity contribution in [2.24, 2.45) is 0 Å². The van der Waals surface area contributed by atoms with Crippen molar-refractivity contribution >= 4 is 23.4 Å². The minimum Gasteiger partial charge on any atom is -0.479 e. The van der Waals surface area contributed by atoms with Crippen LogP contribution in [0.2, 0.25) is 0 Å². The van der Waals surface area contributed by atoms with Gasteiger partial charge in [0.15, 0.2) is 17.5 Å². The quantitative estimate of drug-likeness (QED) is 0.347. The van der Waals surface area contributed by atoms with Gasteiger partial charge in [-0.2, -0.15) is 5.26 Å². The molecule has 0 unspecified atom stereocenters. The summed E-state index contributed by atoms with van der Waals surface area (Å²) in [6.07, 6.45) is 4.41. The van der Waals surface area contributed by atoms with Gasteiger partial charge in [0, 0.05) is 6.04 Å². The van der Waals surface area contributed by atoms with Crippen molar-refractivity contribution in [2.45, 2.75) is 38.8 Å². The number of hydrogen-bond acceptors (Lipinski definition) is 9. The van der Waals surface area contributed by atoms with Crippen LogP contribution in [0.25, 0.3) is 5.69 Å². The number of carbonyl (C=O) groups is 1. The van der Waals surface area contributed by atoms with Crippen LogP contribution < -0.4 is 20.7 Å². The van der Waals surface area contributed by atoms with Crippen molar-refractivity contribution in [1.82, 2.24) is 30.3 Å². The van der Waals surface area contributed by atoms with Crippen LogP contribution in [0.4, 0.5) is 26.5 Å². The molecule has 3 aromatic heterocycles. The summed E-state index contributed by atoms with van der Waals surface area (Å²) in [6.45, 7) is 3.67. The molecule has 12 nitrogen and oxygen atoms in total. The Labute approximate surface area is 194 Å². The van der Waals surface area contributed by atoms with Crippen LogP contribution in [0.15, 0.2) is 30.7 Å². The zero-order chi connectivity index (χ0) is 24.7. The number of halogens is 1. The fourth-order valence-corrected chi connectivity index (χ4v) is 3.38.